The van der Waals surface area contributed by atoms with Gasteiger partial charge >= 0.3 is 0 Å². The largest absolute Gasteiger partial charge is 0.496 e. The maximum Gasteiger partial charge on any atom is 0.207 e. The Hall–Kier alpha value is -3.08. The molecule has 4 rings (SSSR count). The molecule has 38 heavy (non-hydrogen) atoms. The van der Waals surface area contributed by atoms with Crippen molar-refractivity contribution in [2.24, 2.45) is 0 Å². The van der Waals surface area contributed by atoms with Crippen LogP contribution in [0.5, 0.6) is 5.75 Å². The lowest BCUT2D eigenvalue weighted by atomic mass is 9.88. The third-order valence-corrected chi connectivity index (χ3v) is 12.8. The predicted molar refractivity (Wildman–Crippen MR) is 161 cm³/mol. The molecule has 0 amide bonds. The maximum atomic E-state index is 6.42. The summed E-state index contributed by atoms with van der Waals surface area (Å²) in [5.41, 5.74) is 3.29. The number of terminal acetylenes is 1. The number of benzene rings is 2. The lowest BCUT2D eigenvalue weighted by Crippen LogP contribution is -2.42. The maximum absolute atomic E-state index is 6.42. The number of rotatable bonds is 8. The van der Waals surface area contributed by atoms with Crippen molar-refractivity contribution in [3.63, 3.8) is 0 Å². The normalized spacial score (nSPS) is 14.9. The van der Waals surface area contributed by atoms with Crippen LogP contribution in [0.15, 0.2) is 42.5 Å². The second-order valence-electron chi connectivity index (χ2n) is 11.8. The highest BCUT2D eigenvalue weighted by molar-refractivity contribution is 6.74. The number of hydrogen-bond donors (Lipinski definition) is 0. The summed E-state index contributed by atoms with van der Waals surface area (Å²) in [5, 5.41) is 1.24. The van der Waals surface area contributed by atoms with Gasteiger partial charge in [-0.15, -0.1) is 6.42 Å². The Labute approximate surface area is 229 Å². The minimum absolute atomic E-state index is 0.203. The molecule has 2 heterocycles. The number of piperidine rings is 1. The highest BCUT2D eigenvalue weighted by atomic mass is 28.4. The van der Waals surface area contributed by atoms with Crippen LogP contribution >= 0.6 is 0 Å². The minimum Gasteiger partial charge on any atom is -0.496 e. The van der Waals surface area contributed by atoms with Gasteiger partial charge in [0, 0.05) is 37.8 Å². The van der Waals surface area contributed by atoms with Gasteiger partial charge in [0.25, 0.3) is 0 Å². The molecule has 1 saturated heterocycles. The van der Waals surface area contributed by atoms with E-state index in [1.807, 2.05) is 12.1 Å². The predicted octanol–water partition coefficient (Wildman–Crippen LogP) is 6.46. The first kappa shape index (κ1) is 27.9. The fourth-order valence-electron chi connectivity index (χ4n) is 4.83. The topological polar surface area (TPSA) is 50.7 Å². The van der Waals surface area contributed by atoms with Crippen molar-refractivity contribution < 1.29 is 9.16 Å². The molecule has 0 spiro atoms. The van der Waals surface area contributed by atoms with Gasteiger partial charge in [0.2, 0.25) is 5.82 Å². The Bertz CT molecular complexity index is 1300. The molecular formula is C31H42N4O2Si. The highest BCUT2D eigenvalue weighted by Gasteiger charge is 2.37. The zero-order valence-corrected chi connectivity index (χ0v) is 25.0. The van der Waals surface area contributed by atoms with Crippen LogP contribution in [0.3, 0.4) is 0 Å². The Morgan fingerprint density at radius 3 is 2.47 bits per heavy atom. The number of nitrogens with zero attached hydrogens (tertiary/aromatic N) is 4. The van der Waals surface area contributed by atoms with Gasteiger partial charge in [-0.1, -0.05) is 39.0 Å². The number of methoxy groups -OCH3 is 1. The van der Waals surface area contributed by atoms with Crippen LogP contribution in [0, 0.1) is 12.3 Å². The molecule has 1 fully saturated rings. The molecule has 0 atom stereocenters. The number of hydrogen-bond acceptors (Lipinski definition) is 6. The van der Waals surface area contributed by atoms with E-state index in [9.17, 15) is 0 Å². The third kappa shape index (κ3) is 5.97. The SMILES string of the molecule is C#Cc1nc(N2CCC(c3ccccc3OC)CC2)c2cc(N(C)CCO[Si](C)(C)C(C)(C)C)ccc2n1. The van der Waals surface area contributed by atoms with Crippen molar-refractivity contribution in [3.8, 4) is 18.1 Å². The molecule has 1 aliphatic rings. The van der Waals surface area contributed by atoms with Crippen LogP contribution in [0.25, 0.3) is 10.9 Å². The van der Waals surface area contributed by atoms with E-state index in [0.29, 0.717) is 18.3 Å². The molecule has 202 valence electrons. The number of para-hydroxylation sites is 1. The lowest BCUT2D eigenvalue weighted by Gasteiger charge is -2.36. The summed E-state index contributed by atoms with van der Waals surface area (Å²) in [6.45, 7) is 14.8. The van der Waals surface area contributed by atoms with Crippen molar-refractivity contribution in [1.82, 2.24) is 9.97 Å². The molecule has 0 unspecified atom stereocenters. The van der Waals surface area contributed by atoms with Crippen LogP contribution in [0.1, 0.15) is 50.9 Å². The Morgan fingerprint density at radius 1 is 1.11 bits per heavy atom. The van der Waals surface area contributed by atoms with Gasteiger partial charge in [-0.25, -0.2) is 9.97 Å². The van der Waals surface area contributed by atoms with Gasteiger partial charge in [0.15, 0.2) is 8.32 Å². The minimum atomic E-state index is -1.77. The summed E-state index contributed by atoms with van der Waals surface area (Å²) in [7, 11) is 2.09. The highest BCUT2D eigenvalue weighted by Crippen LogP contribution is 2.38. The van der Waals surface area contributed by atoms with E-state index in [2.05, 4.69) is 91.9 Å². The average Bonchev–Trinajstić information content (AvgIpc) is 2.91. The van der Waals surface area contributed by atoms with Gasteiger partial charge in [-0.2, -0.15) is 0 Å². The van der Waals surface area contributed by atoms with E-state index in [4.69, 9.17) is 20.6 Å². The van der Waals surface area contributed by atoms with Crippen LogP contribution in [-0.4, -0.2) is 58.7 Å². The summed E-state index contributed by atoms with van der Waals surface area (Å²) in [4.78, 5) is 14.1. The molecule has 1 aromatic heterocycles. The van der Waals surface area contributed by atoms with Crippen molar-refractivity contribution in [2.45, 2.75) is 57.7 Å². The smallest absolute Gasteiger partial charge is 0.207 e. The zero-order chi connectivity index (χ0) is 27.5. The summed E-state index contributed by atoms with van der Waals surface area (Å²) >= 11 is 0. The van der Waals surface area contributed by atoms with Gasteiger partial charge < -0.3 is 19.0 Å². The van der Waals surface area contributed by atoms with E-state index in [-0.39, 0.29) is 5.04 Å². The first-order chi connectivity index (χ1) is 18.0. The van der Waals surface area contributed by atoms with E-state index in [1.54, 1.807) is 7.11 Å². The van der Waals surface area contributed by atoms with Crippen molar-refractivity contribution in [3.05, 3.63) is 53.9 Å². The molecular weight excluding hydrogens is 488 g/mol. The monoisotopic (exact) mass is 530 g/mol. The lowest BCUT2D eigenvalue weighted by molar-refractivity contribution is 0.296. The van der Waals surface area contributed by atoms with E-state index in [1.165, 1.54) is 5.56 Å². The second kappa shape index (κ2) is 11.3. The standard InChI is InChI=1S/C31H42N4O2Si/c1-9-29-32-27-15-14-24(34(5)20-21-37-38(7,8)31(2,3)4)22-26(27)30(33-29)35-18-16-23(17-19-35)25-12-10-11-13-28(25)36-6/h1,10-15,22-23H,16-21H2,2-8H3. The Balaban J connectivity index is 1.53. The third-order valence-electron chi connectivity index (χ3n) is 8.30. The van der Waals surface area contributed by atoms with Crippen LogP contribution in [0.2, 0.25) is 18.1 Å². The molecule has 7 heteroatoms. The first-order valence-corrected chi connectivity index (χ1v) is 16.5. The van der Waals surface area contributed by atoms with Crippen molar-refractivity contribution in [1.29, 1.82) is 0 Å². The van der Waals surface area contributed by atoms with Crippen molar-refractivity contribution >= 4 is 30.7 Å². The molecule has 3 aromatic rings. The number of aromatic nitrogens is 2. The van der Waals surface area contributed by atoms with Gasteiger partial charge in [0.1, 0.15) is 11.6 Å². The van der Waals surface area contributed by atoms with Crippen LogP contribution in [0.4, 0.5) is 11.5 Å². The quantitative estimate of drug-likeness (QED) is 0.246. The number of anilines is 2. The molecule has 0 bridgehead atoms. The molecule has 0 radical (unpaired) electrons. The van der Waals surface area contributed by atoms with E-state index < -0.39 is 8.32 Å². The fourth-order valence-corrected chi connectivity index (χ4v) is 5.87. The number of likely N-dealkylation sites (N-methyl/N-ethyl adjacent to an activating group) is 1. The molecule has 0 aliphatic carbocycles. The molecule has 6 nitrogen and oxygen atoms in total. The molecule has 2 aromatic carbocycles. The number of ether oxygens (including phenoxy) is 1. The molecule has 0 N–H and O–H groups in total. The second-order valence-corrected chi connectivity index (χ2v) is 16.6. The Kier molecular flexibility index (Phi) is 8.34. The average molecular weight is 531 g/mol. The first-order valence-electron chi connectivity index (χ1n) is 13.6. The zero-order valence-electron chi connectivity index (χ0n) is 24.0. The van der Waals surface area contributed by atoms with Gasteiger partial charge in [0.05, 0.1) is 19.2 Å². The summed E-state index contributed by atoms with van der Waals surface area (Å²) in [6.07, 6.45) is 7.80. The summed E-state index contributed by atoms with van der Waals surface area (Å²) in [5.74, 6) is 5.44. The molecule has 0 saturated carbocycles. The fraction of sp³-hybridized carbons (Fsp3) is 0.484. The van der Waals surface area contributed by atoms with Crippen LogP contribution in [-0.2, 0) is 4.43 Å². The van der Waals surface area contributed by atoms with Gasteiger partial charge in [-0.3, -0.25) is 0 Å². The van der Waals surface area contributed by atoms with Crippen molar-refractivity contribution in [2.75, 3.05) is 50.2 Å². The summed E-state index contributed by atoms with van der Waals surface area (Å²) in [6, 6.07) is 14.7. The summed E-state index contributed by atoms with van der Waals surface area (Å²) < 4.78 is 12.0. The van der Waals surface area contributed by atoms with Gasteiger partial charge in [-0.05, 0) is 72.6 Å². The Morgan fingerprint density at radius 2 is 1.82 bits per heavy atom. The molecule has 1 aliphatic heterocycles. The van der Waals surface area contributed by atoms with E-state index in [0.717, 1.165) is 60.6 Å². The van der Waals surface area contributed by atoms with E-state index >= 15 is 0 Å². The number of fused-ring (bicyclic) bond motifs is 1. The van der Waals surface area contributed by atoms with Crippen LogP contribution < -0.4 is 14.5 Å².